The van der Waals surface area contributed by atoms with Gasteiger partial charge >= 0.3 is 0 Å². The first-order valence-corrected chi connectivity index (χ1v) is 8.56. The summed E-state index contributed by atoms with van der Waals surface area (Å²) in [6, 6.07) is 22.9. The summed E-state index contributed by atoms with van der Waals surface area (Å²) in [7, 11) is 0. The number of para-hydroxylation sites is 1. The van der Waals surface area contributed by atoms with E-state index in [2.05, 4.69) is 5.48 Å². The number of ether oxygens (including phenoxy) is 2. The van der Waals surface area contributed by atoms with Crippen LogP contribution >= 0.6 is 0 Å². The van der Waals surface area contributed by atoms with Gasteiger partial charge in [-0.15, -0.1) is 0 Å². The Morgan fingerprint density at radius 3 is 2.11 bits per heavy atom. The van der Waals surface area contributed by atoms with Crippen LogP contribution in [0.4, 0.5) is 5.69 Å². The van der Waals surface area contributed by atoms with Gasteiger partial charge in [0.25, 0.3) is 5.69 Å². The molecule has 0 spiro atoms. The molecule has 3 aromatic rings. The molecular formula is C21H16N2O5. The Balaban J connectivity index is 1.40. The van der Waals surface area contributed by atoms with Gasteiger partial charge in [0, 0.05) is 18.2 Å². The van der Waals surface area contributed by atoms with Crippen molar-refractivity contribution in [3.8, 4) is 17.2 Å². The molecule has 4 rings (SSSR count). The summed E-state index contributed by atoms with van der Waals surface area (Å²) in [6.07, 6.45) is 1.47. The van der Waals surface area contributed by atoms with Crippen LogP contribution in [0.1, 0.15) is 11.7 Å². The number of hydrogen-bond acceptors (Lipinski definition) is 6. The maximum absolute atomic E-state index is 10.7. The highest BCUT2D eigenvalue weighted by atomic mass is 16.7. The van der Waals surface area contributed by atoms with Gasteiger partial charge in [0.2, 0.25) is 5.88 Å². The highest BCUT2D eigenvalue weighted by Gasteiger charge is 2.20. The van der Waals surface area contributed by atoms with Gasteiger partial charge < -0.3 is 9.47 Å². The zero-order valence-electron chi connectivity index (χ0n) is 14.6. The Morgan fingerprint density at radius 2 is 1.43 bits per heavy atom. The minimum atomic E-state index is -0.457. The van der Waals surface area contributed by atoms with Crippen LogP contribution in [0.25, 0.3) is 0 Å². The minimum Gasteiger partial charge on any atom is -0.457 e. The Morgan fingerprint density at radius 1 is 0.821 bits per heavy atom. The van der Waals surface area contributed by atoms with Crippen molar-refractivity contribution >= 4 is 5.69 Å². The van der Waals surface area contributed by atoms with Gasteiger partial charge in [-0.3, -0.25) is 15.0 Å². The van der Waals surface area contributed by atoms with Gasteiger partial charge in [-0.05, 0) is 42.0 Å². The standard InChI is InChI=1S/C21H16N2O5/c24-23(25)16-8-12-19(13-9-16)27-21-14-20(28-22-21)15-6-10-18(11-7-15)26-17-4-2-1-3-5-17/h1-14,20,22H/t20-/m0/s1. The molecule has 140 valence electrons. The lowest BCUT2D eigenvalue weighted by Crippen LogP contribution is -2.12. The first kappa shape index (κ1) is 17.6. The summed E-state index contributed by atoms with van der Waals surface area (Å²) in [5, 5.41) is 10.7. The fourth-order valence-corrected chi connectivity index (χ4v) is 2.66. The number of nitro benzene ring substituents is 1. The summed E-state index contributed by atoms with van der Waals surface area (Å²) in [5.41, 5.74) is 3.65. The number of nitrogens with one attached hydrogen (secondary N) is 1. The van der Waals surface area contributed by atoms with E-state index in [1.807, 2.05) is 54.6 Å². The van der Waals surface area contributed by atoms with E-state index in [0.29, 0.717) is 11.6 Å². The van der Waals surface area contributed by atoms with E-state index < -0.39 is 4.92 Å². The molecule has 1 atom stereocenters. The SMILES string of the molecule is O=[N+]([O-])c1ccc(OC2=C[C@@H](c3ccc(Oc4ccccc4)cc3)ON2)cc1. The summed E-state index contributed by atoms with van der Waals surface area (Å²) in [5.74, 6) is 2.39. The minimum absolute atomic E-state index is 0.00708. The molecule has 0 saturated carbocycles. The molecule has 1 N–H and O–H groups in total. The Kier molecular flexibility index (Phi) is 4.90. The maximum Gasteiger partial charge on any atom is 0.269 e. The molecule has 0 fully saturated rings. The highest BCUT2D eigenvalue weighted by Crippen LogP contribution is 2.29. The molecule has 0 aliphatic carbocycles. The van der Waals surface area contributed by atoms with Crippen molar-refractivity contribution in [1.29, 1.82) is 0 Å². The van der Waals surface area contributed by atoms with Crippen molar-refractivity contribution in [2.24, 2.45) is 0 Å². The van der Waals surface area contributed by atoms with Crippen molar-refractivity contribution in [3.63, 3.8) is 0 Å². The van der Waals surface area contributed by atoms with Crippen molar-refractivity contribution in [1.82, 2.24) is 5.48 Å². The number of benzene rings is 3. The monoisotopic (exact) mass is 376 g/mol. The Bertz CT molecular complexity index is 986. The molecule has 0 bridgehead atoms. The van der Waals surface area contributed by atoms with Crippen LogP contribution in [-0.4, -0.2) is 4.92 Å². The van der Waals surface area contributed by atoms with Gasteiger partial charge in [0.1, 0.15) is 23.4 Å². The van der Waals surface area contributed by atoms with Crippen LogP contribution in [-0.2, 0) is 4.84 Å². The topological polar surface area (TPSA) is 82.9 Å². The molecule has 1 aliphatic heterocycles. The zero-order chi connectivity index (χ0) is 19.3. The predicted octanol–water partition coefficient (Wildman–Crippen LogP) is 4.88. The van der Waals surface area contributed by atoms with Crippen LogP contribution in [0, 0.1) is 10.1 Å². The third kappa shape index (κ3) is 4.11. The quantitative estimate of drug-likeness (QED) is 0.487. The normalized spacial score (nSPS) is 15.4. The smallest absolute Gasteiger partial charge is 0.269 e. The first-order valence-electron chi connectivity index (χ1n) is 8.56. The molecule has 0 aromatic heterocycles. The molecule has 7 heteroatoms. The summed E-state index contributed by atoms with van der Waals surface area (Å²) < 4.78 is 11.4. The lowest BCUT2D eigenvalue weighted by atomic mass is 10.1. The second kappa shape index (κ2) is 7.81. The number of hydrogen-bond donors (Lipinski definition) is 1. The lowest BCUT2D eigenvalue weighted by molar-refractivity contribution is -0.384. The molecule has 1 heterocycles. The second-order valence-electron chi connectivity index (χ2n) is 6.01. The average Bonchev–Trinajstić information content (AvgIpc) is 3.18. The van der Waals surface area contributed by atoms with E-state index in [0.717, 1.165) is 17.1 Å². The molecule has 1 aliphatic rings. The fourth-order valence-electron chi connectivity index (χ4n) is 2.66. The van der Waals surface area contributed by atoms with Crippen molar-refractivity contribution in [2.75, 3.05) is 0 Å². The average molecular weight is 376 g/mol. The predicted molar refractivity (Wildman–Crippen MR) is 102 cm³/mol. The van der Waals surface area contributed by atoms with Crippen molar-refractivity contribution in [2.45, 2.75) is 6.10 Å². The third-order valence-corrected chi connectivity index (χ3v) is 4.05. The third-order valence-electron chi connectivity index (χ3n) is 4.05. The number of nitro groups is 1. The fraction of sp³-hybridized carbons (Fsp3) is 0.0476. The zero-order valence-corrected chi connectivity index (χ0v) is 14.6. The Labute approximate surface area is 160 Å². The first-order chi connectivity index (χ1) is 13.7. The van der Waals surface area contributed by atoms with Crippen LogP contribution < -0.4 is 15.0 Å². The summed E-state index contributed by atoms with van der Waals surface area (Å²) in [6.45, 7) is 0. The molecule has 0 saturated heterocycles. The van der Waals surface area contributed by atoms with E-state index in [9.17, 15) is 10.1 Å². The summed E-state index contributed by atoms with van der Waals surface area (Å²) >= 11 is 0. The van der Waals surface area contributed by atoms with E-state index in [-0.39, 0.29) is 11.8 Å². The number of nitrogens with zero attached hydrogens (tertiary/aromatic N) is 1. The van der Waals surface area contributed by atoms with Gasteiger partial charge in [-0.1, -0.05) is 30.3 Å². The second-order valence-corrected chi connectivity index (χ2v) is 6.01. The van der Waals surface area contributed by atoms with Crippen molar-refractivity contribution in [3.05, 3.63) is 106 Å². The molecule has 0 unspecified atom stereocenters. The van der Waals surface area contributed by atoms with E-state index in [1.54, 1.807) is 6.08 Å². The van der Waals surface area contributed by atoms with E-state index in [1.165, 1.54) is 24.3 Å². The lowest BCUT2D eigenvalue weighted by Gasteiger charge is -2.09. The molecule has 28 heavy (non-hydrogen) atoms. The molecule has 0 amide bonds. The van der Waals surface area contributed by atoms with E-state index >= 15 is 0 Å². The van der Waals surface area contributed by atoms with Crippen LogP contribution in [0.5, 0.6) is 17.2 Å². The van der Waals surface area contributed by atoms with Crippen molar-refractivity contribution < 1.29 is 19.2 Å². The molecule has 0 radical (unpaired) electrons. The number of non-ortho nitro benzene ring substituents is 1. The number of hydroxylamine groups is 1. The Hall–Kier alpha value is -3.84. The van der Waals surface area contributed by atoms with Gasteiger partial charge in [-0.2, -0.15) is 0 Å². The highest BCUT2D eigenvalue weighted by molar-refractivity contribution is 5.38. The molecular weight excluding hydrogens is 360 g/mol. The van der Waals surface area contributed by atoms with Gasteiger partial charge in [0.15, 0.2) is 0 Å². The number of rotatable bonds is 6. The molecule has 7 nitrogen and oxygen atoms in total. The van der Waals surface area contributed by atoms with Crippen LogP contribution in [0.3, 0.4) is 0 Å². The summed E-state index contributed by atoms with van der Waals surface area (Å²) in [4.78, 5) is 15.8. The molecule has 3 aromatic carbocycles. The maximum atomic E-state index is 10.7. The van der Waals surface area contributed by atoms with Gasteiger partial charge in [0.05, 0.1) is 4.92 Å². The van der Waals surface area contributed by atoms with Crippen LogP contribution in [0.15, 0.2) is 90.8 Å². The van der Waals surface area contributed by atoms with E-state index in [4.69, 9.17) is 14.3 Å². The largest absolute Gasteiger partial charge is 0.457 e. The van der Waals surface area contributed by atoms with Crippen LogP contribution in [0.2, 0.25) is 0 Å². The van der Waals surface area contributed by atoms with Gasteiger partial charge in [-0.25, -0.2) is 5.48 Å².